The maximum absolute atomic E-state index is 12.4. The van der Waals surface area contributed by atoms with Crippen LogP contribution in [0.5, 0.6) is 0 Å². The van der Waals surface area contributed by atoms with E-state index in [1.807, 2.05) is 11.4 Å². The van der Waals surface area contributed by atoms with Crippen LogP contribution in [0.25, 0.3) is 10.2 Å². The van der Waals surface area contributed by atoms with E-state index < -0.39 is 0 Å². The van der Waals surface area contributed by atoms with Gasteiger partial charge in [-0.2, -0.15) is 0 Å². The Kier molecular flexibility index (Phi) is 3.66. The van der Waals surface area contributed by atoms with Crippen molar-refractivity contribution in [1.29, 1.82) is 0 Å². The Hall–Kier alpha value is -1.20. The fourth-order valence-electron chi connectivity index (χ4n) is 2.56. The van der Waals surface area contributed by atoms with E-state index in [1.165, 1.54) is 42.6 Å². The minimum absolute atomic E-state index is 0.0464. The van der Waals surface area contributed by atoms with Crippen LogP contribution in [-0.2, 0) is 6.54 Å². The number of fused-ring (bicyclic) bond motifs is 1. The molecule has 0 spiro atoms. The van der Waals surface area contributed by atoms with Gasteiger partial charge in [-0.15, -0.1) is 11.3 Å². The van der Waals surface area contributed by atoms with Crippen molar-refractivity contribution < 1.29 is 0 Å². The molecular formula is C14H16N2OS2. The van der Waals surface area contributed by atoms with E-state index in [0.717, 1.165) is 16.6 Å². The molecule has 5 heteroatoms. The standard InChI is InChI=1S/C14H16N2OS2/c17-13-12-11(7-9-19-12)15-14(18)16(13)8-6-10-4-2-1-3-5-10/h4,7,9H,1-3,5-6,8H2,(H,15,18). The molecule has 1 aliphatic carbocycles. The number of hydrogen-bond donors (Lipinski definition) is 1. The number of aromatic nitrogens is 2. The number of thiophene rings is 1. The van der Waals surface area contributed by atoms with Gasteiger partial charge in [-0.3, -0.25) is 9.36 Å². The zero-order valence-corrected chi connectivity index (χ0v) is 12.3. The van der Waals surface area contributed by atoms with Crippen molar-refractivity contribution >= 4 is 33.8 Å². The summed E-state index contributed by atoms with van der Waals surface area (Å²) in [5.74, 6) is 0. The van der Waals surface area contributed by atoms with Gasteiger partial charge in [0, 0.05) is 6.54 Å². The molecule has 0 radical (unpaired) electrons. The second-order valence-electron chi connectivity index (χ2n) is 4.91. The van der Waals surface area contributed by atoms with Gasteiger partial charge in [0.2, 0.25) is 0 Å². The quantitative estimate of drug-likeness (QED) is 0.685. The van der Waals surface area contributed by atoms with Crippen LogP contribution in [-0.4, -0.2) is 9.55 Å². The molecule has 0 amide bonds. The van der Waals surface area contributed by atoms with Crippen molar-refractivity contribution in [3.05, 3.63) is 38.2 Å². The van der Waals surface area contributed by atoms with Crippen LogP contribution < -0.4 is 5.56 Å². The molecule has 0 aliphatic heterocycles. The lowest BCUT2D eigenvalue weighted by Crippen LogP contribution is -2.21. The van der Waals surface area contributed by atoms with Crippen molar-refractivity contribution in [3.63, 3.8) is 0 Å². The van der Waals surface area contributed by atoms with Gasteiger partial charge in [0.1, 0.15) is 4.70 Å². The Bertz CT molecular complexity index is 736. The van der Waals surface area contributed by atoms with Gasteiger partial charge in [0.05, 0.1) is 5.52 Å². The highest BCUT2D eigenvalue weighted by molar-refractivity contribution is 7.71. The molecule has 3 rings (SSSR count). The number of nitrogens with one attached hydrogen (secondary N) is 1. The zero-order valence-electron chi connectivity index (χ0n) is 10.6. The summed E-state index contributed by atoms with van der Waals surface area (Å²) in [6, 6.07) is 1.91. The monoisotopic (exact) mass is 292 g/mol. The molecule has 0 unspecified atom stereocenters. The summed E-state index contributed by atoms with van der Waals surface area (Å²) in [6.07, 6.45) is 8.19. The molecule has 0 atom stereocenters. The Morgan fingerprint density at radius 3 is 3.11 bits per heavy atom. The van der Waals surface area contributed by atoms with Crippen LogP contribution in [0.4, 0.5) is 0 Å². The summed E-state index contributed by atoms with van der Waals surface area (Å²) < 4.78 is 3.00. The molecule has 3 nitrogen and oxygen atoms in total. The van der Waals surface area contributed by atoms with Gasteiger partial charge < -0.3 is 4.98 Å². The molecule has 0 saturated carbocycles. The fraction of sp³-hybridized carbons (Fsp3) is 0.429. The number of nitrogens with zero attached hydrogens (tertiary/aromatic N) is 1. The SMILES string of the molecule is O=c1c2sccc2[nH]c(=S)n1CCC1=CCCCC1. The minimum Gasteiger partial charge on any atom is -0.331 e. The fourth-order valence-corrected chi connectivity index (χ4v) is 3.64. The van der Waals surface area contributed by atoms with Gasteiger partial charge in [-0.25, -0.2) is 0 Å². The summed E-state index contributed by atoms with van der Waals surface area (Å²) in [4.78, 5) is 15.5. The van der Waals surface area contributed by atoms with Crippen LogP contribution in [0.1, 0.15) is 32.1 Å². The topological polar surface area (TPSA) is 37.8 Å². The predicted molar refractivity (Wildman–Crippen MR) is 82.4 cm³/mol. The van der Waals surface area contributed by atoms with Crippen LogP contribution in [0.2, 0.25) is 0 Å². The van der Waals surface area contributed by atoms with Gasteiger partial charge in [-0.05, 0) is 55.8 Å². The van der Waals surface area contributed by atoms with E-state index in [4.69, 9.17) is 12.2 Å². The van der Waals surface area contributed by atoms with Crippen molar-refractivity contribution in [2.75, 3.05) is 0 Å². The highest BCUT2D eigenvalue weighted by Gasteiger charge is 2.08. The lowest BCUT2D eigenvalue weighted by Gasteiger charge is -2.13. The van der Waals surface area contributed by atoms with Gasteiger partial charge in [0.15, 0.2) is 4.77 Å². The Morgan fingerprint density at radius 2 is 2.32 bits per heavy atom. The molecule has 0 aromatic carbocycles. The van der Waals surface area contributed by atoms with E-state index in [9.17, 15) is 4.79 Å². The maximum Gasteiger partial charge on any atom is 0.272 e. The number of H-pyrrole nitrogens is 1. The molecule has 0 saturated heterocycles. The average molecular weight is 292 g/mol. The summed E-state index contributed by atoms with van der Waals surface area (Å²) in [7, 11) is 0. The normalized spacial score (nSPS) is 15.7. The smallest absolute Gasteiger partial charge is 0.272 e. The van der Waals surface area contributed by atoms with Crippen molar-refractivity contribution in [2.24, 2.45) is 0 Å². The van der Waals surface area contributed by atoms with Gasteiger partial charge in [-0.1, -0.05) is 11.6 Å². The van der Waals surface area contributed by atoms with Crippen LogP contribution >= 0.6 is 23.6 Å². The molecule has 0 fully saturated rings. The molecular weight excluding hydrogens is 276 g/mol. The second kappa shape index (κ2) is 5.43. The number of allylic oxidation sites excluding steroid dienone is 2. The first-order chi connectivity index (χ1) is 9.25. The third-order valence-corrected chi connectivity index (χ3v) is 4.86. The summed E-state index contributed by atoms with van der Waals surface area (Å²) in [5.41, 5.74) is 2.37. The molecule has 2 heterocycles. The zero-order chi connectivity index (χ0) is 13.2. The summed E-state index contributed by atoms with van der Waals surface area (Å²) >= 11 is 6.77. The number of aromatic amines is 1. The predicted octanol–water partition coefficient (Wildman–Crippen LogP) is 4.01. The van der Waals surface area contributed by atoms with Crippen LogP contribution in [0, 0.1) is 4.77 Å². The first kappa shape index (κ1) is 12.8. The highest BCUT2D eigenvalue weighted by atomic mass is 32.1. The van der Waals surface area contributed by atoms with Crippen molar-refractivity contribution in [1.82, 2.24) is 9.55 Å². The molecule has 1 aliphatic rings. The minimum atomic E-state index is 0.0464. The Balaban J connectivity index is 1.90. The van der Waals surface area contributed by atoms with Crippen LogP contribution in [0.15, 0.2) is 27.9 Å². The van der Waals surface area contributed by atoms with E-state index in [-0.39, 0.29) is 5.56 Å². The van der Waals surface area contributed by atoms with E-state index in [1.54, 1.807) is 4.57 Å². The molecule has 100 valence electrons. The van der Waals surface area contributed by atoms with Crippen molar-refractivity contribution in [2.45, 2.75) is 38.6 Å². The lowest BCUT2D eigenvalue weighted by atomic mass is 9.97. The molecule has 19 heavy (non-hydrogen) atoms. The molecule has 1 N–H and O–H groups in total. The van der Waals surface area contributed by atoms with Crippen LogP contribution in [0.3, 0.4) is 0 Å². The van der Waals surface area contributed by atoms with Crippen molar-refractivity contribution in [3.8, 4) is 0 Å². The summed E-state index contributed by atoms with van der Waals surface area (Å²) in [5, 5.41) is 1.92. The van der Waals surface area contributed by atoms with Gasteiger partial charge in [0.25, 0.3) is 5.56 Å². The number of hydrogen-bond acceptors (Lipinski definition) is 3. The third-order valence-electron chi connectivity index (χ3n) is 3.63. The number of rotatable bonds is 3. The maximum atomic E-state index is 12.4. The average Bonchev–Trinajstić information content (AvgIpc) is 2.88. The molecule has 2 aromatic heterocycles. The Morgan fingerprint density at radius 1 is 1.42 bits per heavy atom. The lowest BCUT2D eigenvalue weighted by molar-refractivity contribution is 0.606. The highest BCUT2D eigenvalue weighted by Crippen LogP contribution is 2.21. The molecule has 0 bridgehead atoms. The third kappa shape index (κ3) is 2.58. The summed E-state index contributed by atoms with van der Waals surface area (Å²) in [6.45, 7) is 0.688. The molecule has 2 aromatic rings. The first-order valence-corrected chi connectivity index (χ1v) is 7.93. The van der Waals surface area contributed by atoms with E-state index >= 15 is 0 Å². The first-order valence-electron chi connectivity index (χ1n) is 6.64. The largest absolute Gasteiger partial charge is 0.331 e. The van der Waals surface area contributed by atoms with E-state index in [0.29, 0.717) is 11.3 Å². The van der Waals surface area contributed by atoms with E-state index in [2.05, 4.69) is 11.1 Å². The Labute approximate surface area is 120 Å². The van der Waals surface area contributed by atoms with Gasteiger partial charge >= 0.3 is 0 Å². The second-order valence-corrected chi connectivity index (χ2v) is 6.21.